The summed E-state index contributed by atoms with van der Waals surface area (Å²) in [6.07, 6.45) is 0.668. The number of nitrogens with zero attached hydrogens (tertiary/aromatic N) is 5. The molecule has 292 valence electrons. The fraction of sp³-hybridized carbons (Fsp3) is 0.450. The molecule has 3 amide bonds. The number of nitrogen functional groups attached to an aromatic ring is 1. The highest BCUT2D eigenvalue weighted by Gasteiger charge is 2.45. The molecule has 4 aromatic rings. The number of likely N-dealkylation sites (tertiary alicyclic amines) is 1. The first kappa shape index (κ1) is 39.7. The van der Waals surface area contributed by atoms with Crippen LogP contribution in [0, 0.1) is 29.9 Å². The molecule has 2 aliphatic heterocycles. The molecule has 6 rings (SSSR count). The molecule has 4 atom stereocenters. The van der Waals surface area contributed by atoms with Crippen molar-refractivity contribution in [1.29, 1.82) is 0 Å². The molecule has 12 nitrogen and oxygen atoms in total. The van der Waals surface area contributed by atoms with Gasteiger partial charge < -0.3 is 31.3 Å². The molecule has 0 radical (unpaired) electrons. The zero-order valence-electron chi connectivity index (χ0n) is 31.7. The number of halogens is 2. The minimum atomic E-state index is -0.940. The van der Waals surface area contributed by atoms with Crippen LogP contribution >= 0.6 is 11.3 Å². The molecule has 0 spiro atoms. The Labute approximate surface area is 323 Å². The largest absolute Gasteiger partial charge is 0.391 e. The zero-order valence-corrected chi connectivity index (χ0v) is 32.5. The molecule has 0 bridgehead atoms. The van der Waals surface area contributed by atoms with Crippen molar-refractivity contribution in [2.45, 2.75) is 84.5 Å². The molecule has 5 N–H and O–H groups in total. The second-order valence-corrected chi connectivity index (χ2v) is 16.5. The summed E-state index contributed by atoms with van der Waals surface area (Å²) in [6.45, 7) is 10.5. The number of aliphatic hydroxyl groups is 1. The van der Waals surface area contributed by atoms with E-state index in [0.717, 1.165) is 39.9 Å². The molecular formula is C40H48F2N8O4S. The monoisotopic (exact) mass is 774 g/mol. The number of nitrogens with two attached hydrogens (primary N) is 1. The molecule has 55 heavy (non-hydrogen) atoms. The highest BCUT2D eigenvalue weighted by Crippen LogP contribution is 2.33. The number of piperidine rings is 1. The minimum Gasteiger partial charge on any atom is -0.391 e. The van der Waals surface area contributed by atoms with Gasteiger partial charge in [-0.25, -0.2) is 13.8 Å². The summed E-state index contributed by atoms with van der Waals surface area (Å²) in [5.74, 6) is -2.13. The first-order valence-electron chi connectivity index (χ1n) is 18.5. The number of carbonyl (C=O) groups is 3. The van der Waals surface area contributed by atoms with Gasteiger partial charge in [-0.05, 0) is 73.4 Å². The first-order valence-corrected chi connectivity index (χ1v) is 19.4. The topological polar surface area (TPSA) is 167 Å². The van der Waals surface area contributed by atoms with Gasteiger partial charge in [0, 0.05) is 38.0 Å². The van der Waals surface area contributed by atoms with Gasteiger partial charge in [-0.2, -0.15) is 0 Å². The highest BCUT2D eigenvalue weighted by atomic mass is 32.1. The third-order valence-electron chi connectivity index (χ3n) is 10.5. The Kier molecular flexibility index (Phi) is 11.8. The molecule has 2 fully saturated rings. The fourth-order valence-corrected chi connectivity index (χ4v) is 8.16. The van der Waals surface area contributed by atoms with Crippen LogP contribution in [0.4, 0.5) is 20.3 Å². The third-order valence-corrected chi connectivity index (χ3v) is 11.5. The maximum atomic E-state index is 14.5. The molecular weight excluding hydrogens is 727 g/mol. The molecule has 0 saturated carbocycles. The van der Waals surface area contributed by atoms with Crippen LogP contribution in [0.15, 0.2) is 54.0 Å². The van der Waals surface area contributed by atoms with Gasteiger partial charge in [0.25, 0.3) is 0 Å². The number of aliphatic hydroxyl groups excluding tert-OH is 1. The number of aromatic nitrogens is 3. The van der Waals surface area contributed by atoms with Gasteiger partial charge in [-0.1, -0.05) is 45.0 Å². The van der Waals surface area contributed by atoms with E-state index in [1.807, 2.05) is 69.3 Å². The third kappa shape index (κ3) is 9.10. The van der Waals surface area contributed by atoms with Crippen LogP contribution in [-0.2, 0) is 14.4 Å². The molecule has 4 heterocycles. The molecule has 2 saturated heterocycles. The summed E-state index contributed by atoms with van der Waals surface area (Å²) in [7, 11) is 0. The lowest BCUT2D eigenvalue weighted by Crippen LogP contribution is -2.58. The number of aryl methyl sites for hydroxylation is 1. The second-order valence-electron chi connectivity index (χ2n) is 15.6. The molecule has 2 aliphatic rings. The van der Waals surface area contributed by atoms with Gasteiger partial charge in [0.05, 0.1) is 39.6 Å². The van der Waals surface area contributed by atoms with Crippen LogP contribution in [0.3, 0.4) is 0 Å². The van der Waals surface area contributed by atoms with Crippen molar-refractivity contribution >= 4 is 40.6 Å². The fourth-order valence-electron chi connectivity index (χ4n) is 7.35. The van der Waals surface area contributed by atoms with E-state index in [0.29, 0.717) is 31.6 Å². The van der Waals surface area contributed by atoms with Crippen molar-refractivity contribution in [1.82, 2.24) is 30.7 Å². The van der Waals surface area contributed by atoms with E-state index in [4.69, 9.17) is 5.73 Å². The number of β-amino-alcohol motifs (C(OH)–C–C–N with tert-alkyl or cyclic N) is 1. The Morgan fingerprint density at radius 3 is 2.40 bits per heavy atom. The normalized spacial score (nSPS) is 18.9. The van der Waals surface area contributed by atoms with E-state index in [1.54, 1.807) is 17.4 Å². The van der Waals surface area contributed by atoms with Crippen molar-refractivity contribution in [3.05, 3.63) is 76.9 Å². The van der Waals surface area contributed by atoms with Crippen LogP contribution in [0.1, 0.15) is 70.7 Å². The Morgan fingerprint density at radius 1 is 1.04 bits per heavy atom. The van der Waals surface area contributed by atoms with Crippen molar-refractivity contribution in [3.63, 3.8) is 0 Å². The molecule has 15 heteroatoms. The number of rotatable bonds is 10. The van der Waals surface area contributed by atoms with Gasteiger partial charge in [0.15, 0.2) is 5.82 Å². The average Bonchev–Trinajstić information content (AvgIpc) is 3.76. The van der Waals surface area contributed by atoms with Gasteiger partial charge in [-0.15, -0.1) is 21.5 Å². The highest BCUT2D eigenvalue weighted by molar-refractivity contribution is 7.13. The SMILES string of the molecule is Cc1ncsc1-c1ccc([C@H](C)NC(=O)[C@@H]2C[C@@H](O)CN2C(=O)[C@@H](NC(=O)CC2CCN(c3cc(-c4cc(F)ccc4F)nnc3N)CC2)C(C)(C)C)cc1. The van der Waals surface area contributed by atoms with Crippen LogP contribution in [0.25, 0.3) is 21.7 Å². The van der Waals surface area contributed by atoms with Crippen LogP contribution in [-0.4, -0.2) is 80.7 Å². The lowest BCUT2D eigenvalue weighted by Gasteiger charge is -2.36. The summed E-state index contributed by atoms with van der Waals surface area (Å²) in [6, 6.07) is 10.4. The Balaban J connectivity index is 1.06. The van der Waals surface area contributed by atoms with E-state index < -0.39 is 41.1 Å². The number of carbonyl (C=O) groups excluding carboxylic acids is 3. The lowest BCUT2D eigenvalue weighted by molar-refractivity contribution is -0.144. The summed E-state index contributed by atoms with van der Waals surface area (Å²) in [5.41, 5.74) is 10.9. The van der Waals surface area contributed by atoms with Crippen molar-refractivity contribution in [3.8, 4) is 21.7 Å². The zero-order chi connectivity index (χ0) is 39.6. The van der Waals surface area contributed by atoms with Crippen LogP contribution in [0.5, 0.6) is 0 Å². The summed E-state index contributed by atoms with van der Waals surface area (Å²) in [5, 5.41) is 24.6. The number of nitrogens with one attached hydrogen (secondary N) is 2. The molecule has 0 aliphatic carbocycles. The standard InChI is InChI=1S/C40H48F2N8O4S/c1-22(25-6-8-26(9-7-25)35-23(2)44-21-55-35)45-38(53)33-18-28(51)20-50(33)39(54)36(40(3,4)5)46-34(52)16-24-12-14-49(15-13-24)32-19-31(47-48-37(32)43)29-17-27(41)10-11-30(29)42/h6-11,17,19,21-22,24,28,33,36,51H,12-16,18,20H2,1-5H3,(H2,43,48)(H,45,53)(H,46,52)/t22-,28+,33-,36+/m0/s1. The number of anilines is 2. The van der Waals surface area contributed by atoms with Crippen molar-refractivity contribution in [2.75, 3.05) is 30.3 Å². The molecule has 2 aromatic heterocycles. The van der Waals surface area contributed by atoms with Crippen molar-refractivity contribution in [2.24, 2.45) is 11.3 Å². The van der Waals surface area contributed by atoms with Gasteiger partial charge in [-0.3, -0.25) is 14.4 Å². The number of benzene rings is 2. The Hall–Kier alpha value is -5.02. The average molecular weight is 775 g/mol. The molecule has 0 unspecified atom stereocenters. The van der Waals surface area contributed by atoms with E-state index in [1.165, 1.54) is 4.90 Å². The Bertz CT molecular complexity index is 2030. The quantitative estimate of drug-likeness (QED) is 0.165. The summed E-state index contributed by atoms with van der Waals surface area (Å²) < 4.78 is 28.3. The second kappa shape index (κ2) is 16.4. The van der Waals surface area contributed by atoms with Crippen molar-refractivity contribution < 1.29 is 28.3 Å². The smallest absolute Gasteiger partial charge is 0.246 e. The molecule has 2 aromatic carbocycles. The lowest BCUT2D eigenvalue weighted by atomic mass is 9.85. The Morgan fingerprint density at radius 2 is 1.75 bits per heavy atom. The maximum absolute atomic E-state index is 14.5. The van der Waals surface area contributed by atoms with E-state index in [2.05, 4.69) is 25.8 Å². The van der Waals surface area contributed by atoms with Gasteiger partial charge >= 0.3 is 0 Å². The number of hydrogen-bond acceptors (Lipinski definition) is 10. The van der Waals surface area contributed by atoms with Crippen LogP contribution < -0.4 is 21.3 Å². The summed E-state index contributed by atoms with van der Waals surface area (Å²) >= 11 is 1.57. The summed E-state index contributed by atoms with van der Waals surface area (Å²) in [4.78, 5) is 50.1. The predicted molar refractivity (Wildman–Crippen MR) is 208 cm³/mol. The van der Waals surface area contributed by atoms with E-state index >= 15 is 0 Å². The first-order chi connectivity index (χ1) is 26.1. The van der Waals surface area contributed by atoms with E-state index in [9.17, 15) is 28.3 Å². The predicted octanol–water partition coefficient (Wildman–Crippen LogP) is 5.41. The van der Waals surface area contributed by atoms with Gasteiger partial charge in [0.1, 0.15) is 23.7 Å². The maximum Gasteiger partial charge on any atom is 0.246 e. The van der Waals surface area contributed by atoms with Crippen LogP contribution in [0.2, 0.25) is 0 Å². The number of amides is 3. The van der Waals surface area contributed by atoms with E-state index in [-0.39, 0.29) is 60.2 Å². The number of thiazole rings is 1. The van der Waals surface area contributed by atoms with Gasteiger partial charge in [0.2, 0.25) is 17.7 Å². The minimum absolute atomic E-state index is 0.0109. The number of hydrogen-bond donors (Lipinski definition) is 4.